The first kappa shape index (κ1) is 27.8. The summed E-state index contributed by atoms with van der Waals surface area (Å²) in [5, 5.41) is 13.9. The van der Waals surface area contributed by atoms with Gasteiger partial charge >= 0.3 is 6.09 Å². The number of carboxylic acid groups (broad SMARTS) is 1. The number of nitrogens with one attached hydrogen (secondary N) is 1. The third-order valence-electron chi connectivity index (χ3n) is 5.85. The first-order valence-corrected chi connectivity index (χ1v) is 12.4. The maximum absolute atomic E-state index is 13.9. The van der Waals surface area contributed by atoms with Gasteiger partial charge in [-0.1, -0.05) is 68.4 Å². The molecule has 0 aliphatic rings. The average molecular weight is 526 g/mol. The van der Waals surface area contributed by atoms with E-state index in [2.05, 4.69) is 11.9 Å². The van der Waals surface area contributed by atoms with Crippen molar-refractivity contribution in [1.82, 2.24) is 14.8 Å². The second kappa shape index (κ2) is 12.0. The minimum absolute atomic E-state index is 0.0362. The summed E-state index contributed by atoms with van der Waals surface area (Å²) in [7, 11) is 0. The average Bonchev–Trinajstić information content (AvgIpc) is 3.17. The Morgan fingerprint density at radius 2 is 1.84 bits per heavy atom. The number of hydrogen-bond donors (Lipinski definition) is 2. The number of halogens is 1. The molecule has 3 rings (SSSR count). The molecule has 0 spiro atoms. The van der Waals surface area contributed by atoms with Crippen LogP contribution in [0.15, 0.2) is 55.1 Å². The van der Waals surface area contributed by atoms with Crippen LogP contribution in [0.5, 0.6) is 0 Å². The molecule has 1 aromatic heterocycles. The summed E-state index contributed by atoms with van der Waals surface area (Å²) in [6.07, 6.45) is -1.30. The molecule has 9 heteroatoms. The van der Waals surface area contributed by atoms with Crippen molar-refractivity contribution in [3.8, 4) is 0 Å². The fourth-order valence-electron chi connectivity index (χ4n) is 4.40. The van der Waals surface area contributed by atoms with Crippen LogP contribution in [0.3, 0.4) is 0 Å². The Bertz CT molecular complexity index is 1320. The van der Waals surface area contributed by atoms with Gasteiger partial charge in [-0.3, -0.25) is 9.59 Å². The molecule has 0 saturated heterocycles. The number of fused-ring (bicyclic) bond motifs is 1. The molecule has 1 unspecified atom stereocenters. The number of amides is 2. The Balaban J connectivity index is 2.31. The quantitative estimate of drug-likeness (QED) is 0.331. The molecular formula is C28H32ClN3O5. The lowest BCUT2D eigenvalue weighted by Crippen LogP contribution is -2.44. The van der Waals surface area contributed by atoms with Crippen LogP contribution in [0.25, 0.3) is 16.7 Å². The molecule has 2 amide bonds. The zero-order chi connectivity index (χ0) is 27.3. The number of carbonyl (C=O) groups is 3. The largest absolute Gasteiger partial charge is 0.492 e. The molecule has 2 N–H and O–H groups in total. The van der Waals surface area contributed by atoms with Gasteiger partial charge in [-0.15, -0.1) is 0 Å². The van der Waals surface area contributed by atoms with Gasteiger partial charge in [0.1, 0.15) is 17.5 Å². The van der Waals surface area contributed by atoms with Crippen LogP contribution >= 0.6 is 11.6 Å². The van der Waals surface area contributed by atoms with Gasteiger partial charge < -0.3 is 20.1 Å². The second-order valence-corrected chi connectivity index (χ2v) is 9.51. The van der Waals surface area contributed by atoms with E-state index in [4.69, 9.17) is 16.3 Å². The van der Waals surface area contributed by atoms with Crippen LogP contribution in [0, 0.1) is 5.92 Å². The summed E-state index contributed by atoms with van der Waals surface area (Å²) < 4.78 is 6.67. The molecule has 0 bridgehead atoms. The van der Waals surface area contributed by atoms with Crippen molar-refractivity contribution >= 4 is 46.2 Å². The summed E-state index contributed by atoms with van der Waals surface area (Å²) in [6.45, 7) is 11.7. The molecule has 1 atom stereocenters. The minimum atomic E-state index is -1.30. The fourth-order valence-corrected chi connectivity index (χ4v) is 4.56. The van der Waals surface area contributed by atoms with E-state index in [0.717, 1.165) is 10.1 Å². The van der Waals surface area contributed by atoms with Gasteiger partial charge in [-0.2, -0.15) is 0 Å². The van der Waals surface area contributed by atoms with Crippen LogP contribution in [0.2, 0.25) is 5.02 Å². The highest BCUT2D eigenvalue weighted by molar-refractivity contribution is 6.31. The van der Waals surface area contributed by atoms with Crippen LogP contribution < -0.4 is 5.32 Å². The summed E-state index contributed by atoms with van der Waals surface area (Å²) >= 11 is 6.24. The predicted molar refractivity (Wildman–Crippen MR) is 144 cm³/mol. The lowest BCUT2D eigenvalue weighted by molar-refractivity contribution is -0.139. The maximum atomic E-state index is 13.9. The highest BCUT2D eigenvalue weighted by Gasteiger charge is 2.37. The Labute approximate surface area is 221 Å². The molecule has 37 heavy (non-hydrogen) atoms. The second-order valence-electron chi connectivity index (χ2n) is 9.07. The van der Waals surface area contributed by atoms with E-state index in [-0.39, 0.29) is 48.5 Å². The topological polar surface area (TPSA) is 101 Å². The van der Waals surface area contributed by atoms with E-state index < -0.39 is 18.0 Å². The zero-order valence-corrected chi connectivity index (χ0v) is 22.2. The monoisotopic (exact) mass is 525 g/mol. The summed E-state index contributed by atoms with van der Waals surface area (Å²) in [5.41, 5.74) is 1.56. The number of benzene rings is 2. The van der Waals surface area contributed by atoms with Crippen molar-refractivity contribution in [3.05, 3.63) is 77.0 Å². The lowest BCUT2D eigenvalue weighted by atomic mass is 9.98. The number of rotatable bonds is 10. The zero-order valence-electron chi connectivity index (χ0n) is 21.5. The SMILES string of the molecule is C=C(OCC)c1c(C(C(=O)NCc2ccccc2)N(CC(C)C)C(C)=O)c2ccc(Cl)cc2n1C(=O)O. The van der Waals surface area contributed by atoms with E-state index in [1.54, 1.807) is 19.1 Å². The molecule has 3 aromatic rings. The van der Waals surface area contributed by atoms with Gasteiger partial charge in [0.05, 0.1) is 12.1 Å². The molecule has 2 aromatic carbocycles. The van der Waals surface area contributed by atoms with Gasteiger partial charge in [0.15, 0.2) is 0 Å². The van der Waals surface area contributed by atoms with Gasteiger partial charge in [-0.05, 0) is 30.5 Å². The predicted octanol–water partition coefficient (Wildman–Crippen LogP) is 5.69. The fraction of sp³-hybridized carbons (Fsp3) is 0.321. The molecule has 0 saturated carbocycles. The number of ether oxygens (including phenoxy) is 1. The standard InChI is InChI=1S/C28H32ClN3O5/c1-6-37-18(4)25-24(22-13-12-21(29)14-23(22)32(25)28(35)36)26(31(19(5)33)16-17(2)3)27(34)30-15-20-10-8-7-9-11-20/h7-14,17,26H,4,6,15-16H2,1-3,5H3,(H,30,34)(H,35,36). The lowest BCUT2D eigenvalue weighted by Gasteiger charge is -2.32. The Hall–Kier alpha value is -3.78. The van der Waals surface area contributed by atoms with E-state index in [1.807, 2.05) is 44.2 Å². The Morgan fingerprint density at radius 3 is 2.41 bits per heavy atom. The molecule has 0 aliphatic carbocycles. The normalized spacial score (nSPS) is 11.8. The van der Waals surface area contributed by atoms with Crippen LogP contribution in [0.1, 0.15) is 50.6 Å². The van der Waals surface area contributed by atoms with Crippen molar-refractivity contribution in [2.45, 2.75) is 40.3 Å². The molecular weight excluding hydrogens is 494 g/mol. The first-order valence-electron chi connectivity index (χ1n) is 12.0. The van der Waals surface area contributed by atoms with Crippen molar-refractivity contribution < 1.29 is 24.2 Å². The molecule has 8 nitrogen and oxygen atoms in total. The number of nitrogens with zero attached hydrogens (tertiary/aromatic N) is 2. The van der Waals surface area contributed by atoms with E-state index in [1.165, 1.54) is 17.9 Å². The van der Waals surface area contributed by atoms with Gasteiger partial charge in [0, 0.05) is 36.0 Å². The van der Waals surface area contributed by atoms with E-state index in [0.29, 0.717) is 16.0 Å². The highest BCUT2D eigenvalue weighted by atomic mass is 35.5. The van der Waals surface area contributed by atoms with Crippen LogP contribution in [-0.4, -0.2) is 45.6 Å². The number of hydrogen-bond acceptors (Lipinski definition) is 4. The number of aromatic nitrogens is 1. The number of carbonyl (C=O) groups excluding carboxylic acids is 2. The van der Waals surface area contributed by atoms with Crippen LogP contribution in [-0.2, 0) is 20.9 Å². The molecule has 0 radical (unpaired) electrons. The maximum Gasteiger partial charge on any atom is 0.416 e. The highest BCUT2D eigenvalue weighted by Crippen LogP contribution is 2.39. The third-order valence-corrected chi connectivity index (χ3v) is 6.09. The Kier molecular flexibility index (Phi) is 8.99. The summed E-state index contributed by atoms with van der Waals surface area (Å²) in [5.74, 6) is -0.674. The minimum Gasteiger partial charge on any atom is -0.492 e. The Morgan fingerprint density at radius 1 is 1.16 bits per heavy atom. The third kappa shape index (κ3) is 6.14. The van der Waals surface area contributed by atoms with E-state index in [9.17, 15) is 19.5 Å². The van der Waals surface area contributed by atoms with Crippen molar-refractivity contribution in [2.75, 3.05) is 13.2 Å². The van der Waals surface area contributed by atoms with Crippen molar-refractivity contribution in [1.29, 1.82) is 0 Å². The molecule has 0 fully saturated rings. The van der Waals surface area contributed by atoms with Crippen molar-refractivity contribution in [3.63, 3.8) is 0 Å². The van der Waals surface area contributed by atoms with Gasteiger partial charge in [0.2, 0.25) is 11.8 Å². The van der Waals surface area contributed by atoms with Gasteiger partial charge in [0.25, 0.3) is 0 Å². The summed E-state index contributed by atoms with van der Waals surface area (Å²) in [6, 6.07) is 13.0. The van der Waals surface area contributed by atoms with Gasteiger partial charge in [-0.25, -0.2) is 9.36 Å². The smallest absolute Gasteiger partial charge is 0.416 e. The molecule has 0 aliphatic heterocycles. The molecule has 1 heterocycles. The van der Waals surface area contributed by atoms with Crippen molar-refractivity contribution in [2.24, 2.45) is 5.92 Å². The van der Waals surface area contributed by atoms with Crippen LogP contribution in [0.4, 0.5) is 4.79 Å². The first-order chi connectivity index (χ1) is 17.6. The molecule has 196 valence electrons. The summed E-state index contributed by atoms with van der Waals surface area (Å²) in [4.78, 5) is 40.8. The van der Waals surface area contributed by atoms with E-state index >= 15 is 0 Å².